The Morgan fingerprint density at radius 3 is 1.53 bits per heavy atom. The van der Waals surface area contributed by atoms with Gasteiger partial charge in [0.25, 0.3) is 0 Å². The number of carbonyl (C=O) groups is 4. The Kier molecular flexibility index (Phi) is 10.3. The fraction of sp³-hybridized carbons (Fsp3) is 0.760. The van der Waals surface area contributed by atoms with E-state index in [1.807, 2.05) is 0 Å². The largest absolute Gasteiger partial charge is 0.469 e. The van der Waals surface area contributed by atoms with Crippen LogP contribution in [-0.2, 0) is 52.3 Å². The lowest BCUT2D eigenvalue weighted by Gasteiger charge is -2.34. The molecule has 4 aliphatic carbocycles. The number of ether oxygens (including phenoxy) is 7. The monoisotopic (exact) mass is 932 g/mol. The molecule has 0 aromatic heterocycles. The molecule has 12 aliphatic heterocycles. The molecule has 28 unspecified atom stereocenters. The lowest BCUT2D eigenvalue weighted by atomic mass is 9.69. The van der Waals surface area contributed by atoms with E-state index < -0.39 is 0 Å². The SMILES string of the molecule is COC(=O)C1CC2CC1C1C3C=CC(O3)C21.COC(=O)C1CC2CC1C1C3C=CC(S3)C21.COC(=O)C1CC2OC1C1C3C=CC(O3)C21.COC(=O)C1CC2SC1C1C3C=CC(S3)C21. The van der Waals surface area contributed by atoms with Gasteiger partial charge in [0.2, 0.25) is 0 Å². The topological polar surface area (TPSA) is 133 Å². The van der Waals surface area contributed by atoms with E-state index in [0.717, 1.165) is 65.8 Å². The van der Waals surface area contributed by atoms with Crippen molar-refractivity contribution >= 4 is 59.2 Å². The smallest absolute Gasteiger partial charge is 0.311 e. The minimum Gasteiger partial charge on any atom is -0.469 e. The molecule has 4 saturated carbocycles. The van der Waals surface area contributed by atoms with E-state index in [9.17, 15) is 19.2 Å². The number of methoxy groups -OCH3 is 4. The Balaban J connectivity index is 0.0000000860. The summed E-state index contributed by atoms with van der Waals surface area (Å²) < 4.78 is 37.3. The van der Waals surface area contributed by atoms with Crippen molar-refractivity contribution in [2.75, 3.05) is 28.4 Å². The van der Waals surface area contributed by atoms with Gasteiger partial charge in [-0.1, -0.05) is 48.6 Å². The fourth-order valence-electron chi connectivity index (χ4n) is 17.4. The first-order valence-corrected chi connectivity index (χ1v) is 27.0. The van der Waals surface area contributed by atoms with Gasteiger partial charge in [0.15, 0.2) is 0 Å². The lowest BCUT2D eigenvalue weighted by molar-refractivity contribution is -0.149. The summed E-state index contributed by atoms with van der Waals surface area (Å²) in [4.78, 5) is 46.8. The van der Waals surface area contributed by atoms with Crippen LogP contribution in [0.1, 0.15) is 38.5 Å². The summed E-state index contributed by atoms with van der Waals surface area (Å²) in [6, 6.07) is 0. The van der Waals surface area contributed by atoms with Crippen LogP contribution in [0.2, 0.25) is 0 Å². The molecular formula is C50H60O11S3. The standard InChI is InChI=1S/C13H16O3.C13H16O2S.C12H14O4.C12H14O2S2/c2*1-15-13(14)8-5-6-4-7(8)12-10-3-2-9(16-10)11(6)12;2*1-14-12(13)5-4-8-9-6-2-3-7(15-6)10(9)11(5)16-8/h2*2-3,6-12H,4-5H2,1H3;2*2-3,5-11H,4H2,1H3. The van der Waals surface area contributed by atoms with Crippen molar-refractivity contribution in [3.63, 3.8) is 0 Å². The zero-order valence-electron chi connectivity index (χ0n) is 36.7. The quantitative estimate of drug-likeness (QED) is 0.187. The summed E-state index contributed by atoms with van der Waals surface area (Å²) in [5.41, 5.74) is 0. The van der Waals surface area contributed by atoms with Gasteiger partial charge in [-0.2, -0.15) is 11.8 Å². The van der Waals surface area contributed by atoms with Crippen LogP contribution in [0.4, 0.5) is 0 Å². The van der Waals surface area contributed by atoms with Gasteiger partial charge < -0.3 is 33.2 Å². The van der Waals surface area contributed by atoms with Gasteiger partial charge in [0.1, 0.15) is 0 Å². The minimum atomic E-state index is -0.127. The van der Waals surface area contributed by atoms with Crippen LogP contribution in [0, 0.1) is 94.7 Å². The maximum atomic E-state index is 11.8. The Labute approximate surface area is 388 Å². The second kappa shape index (κ2) is 15.7. The summed E-state index contributed by atoms with van der Waals surface area (Å²) >= 11 is 6.31. The van der Waals surface area contributed by atoms with Crippen molar-refractivity contribution in [2.45, 2.75) is 107 Å². The van der Waals surface area contributed by atoms with Crippen LogP contribution in [0.25, 0.3) is 0 Å². The number of esters is 4. The molecule has 28 atom stereocenters. The average Bonchev–Trinajstić information content (AvgIpc) is 4.16. The molecule has 344 valence electrons. The van der Waals surface area contributed by atoms with E-state index in [4.69, 9.17) is 33.2 Å². The Hall–Kier alpha value is -2.23. The first-order valence-electron chi connectivity index (χ1n) is 24.1. The van der Waals surface area contributed by atoms with E-state index in [-0.39, 0.29) is 78.1 Å². The molecule has 11 nitrogen and oxygen atoms in total. The molecular weight excluding hydrogens is 873 g/mol. The van der Waals surface area contributed by atoms with Crippen LogP contribution < -0.4 is 0 Å². The van der Waals surface area contributed by atoms with Gasteiger partial charge in [0.05, 0.1) is 88.7 Å². The average molecular weight is 933 g/mol. The molecule has 16 rings (SSSR count). The molecule has 16 bridgehead atoms. The number of fused-ring (bicyclic) bond motifs is 36. The molecule has 14 heteroatoms. The minimum absolute atomic E-state index is 0.00213. The van der Waals surface area contributed by atoms with Gasteiger partial charge in [-0.25, -0.2) is 0 Å². The molecule has 64 heavy (non-hydrogen) atoms. The van der Waals surface area contributed by atoms with Crippen LogP contribution in [0.5, 0.6) is 0 Å². The molecule has 16 aliphatic rings. The molecule has 0 radical (unpaired) electrons. The van der Waals surface area contributed by atoms with Crippen LogP contribution >= 0.6 is 35.3 Å². The maximum absolute atomic E-state index is 11.8. The van der Waals surface area contributed by atoms with E-state index in [2.05, 4.69) is 83.9 Å². The van der Waals surface area contributed by atoms with Gasteiger partial charge in [-0.15, -0.1) is 23.5 Å². The normalized spacial score (nSPS) is 55.7. The zero-order chi connectivity index (χ0) is 43.4. The fourth-order valence-corrected chi connectivity index (χ4v) is 23.5. The second-order valence-electron chi connectivity index (χ2n) is 21.5. The number of hydrogen-bond acceptors (Lipinski definition) is 14. The van der Waals surface area contributed by atoms with Crippen molar-refractivity contribution in [1.29, 1.82) is 0 Å². The van der Waals surface area contributed by atoms with E-state index >= 15 is 0 Å². The molecule has 12 heterocycles. The second-order valence-corrected chi connectivity index (χ2v) is 25.6. The third kappa shape index (κ3) is 5.98. The third-order valence-electron chi connectivity index (χ3n) is 19.5. The van der Waals surface area contributed by atoms with Gasteiger partial charge >= 0.3 is 23.9 Å². The van der Waals surface area contributed by atoms with E-state index in [1.54, 1.807) is 0 Å². The van der Waals surface area contributed by atoms with E-state index in [1.165, 1.54) is 41.3 Å². The summed E-state index contributed by atoms with van der Waals surface area (Å²) in [5.74, 6) is 8.41. The highest BCUT2D eigenvalue weighted by Crippen LogP contribution is 2.69. The molecule has 0 N–H and O–H groups in total. The Bertz CT molecular complexity index is 1800. The van der Waals surface area contributed by atoms with Crippen molar-refractivity contribution in [3.05, 3.63) is 48.6 Å². The highest BCUT2D eigenvalue weighted by Gasteiger charge is 2.67. The Morgan fingerprint density at radius 1 is 0.422 bits per heavy atom. The lowest BCUT2D eigenvalue weighted by Crippen LogP contribution is -2.41. The summed E-state index contributed by atoms with van der Waals surface area (Å²) in [5, 5.41) is 4.16. The summed E-state index contributed by atoms with van der Waals surface area (Å²) in [6.45, 7) is 0. The molecule has 12 fully saturated rings. The van der Waals surface area contributed by atoms with Crippen molar-refractivity contribution in [2.24, 2.45) is 94.7 Å². The molecule has 8 saturated heterocycles. The molecule has 0 aromatic carbocycles. The van der Waals surface area contributed by atoms with Crippen LogP contribution in [0.15, 0.2) is 48.6 Å². The van der Waals surface area contributed by atoms with Crippen molar-refractivity contribution < 1.29 is 52.3 Å². The zero-order valence-corrected chi connectivity index (χ0v) is 39.2. The van der Waals surface area contributed by atoms with Crippen molar-refractivity contribution in [3.8, 4) is 0 Å². The summed E-state index contributed by atoms with van der Waals surface area (Å²) in [7, 11) is 6.00. The number of carbonyl (C=O) groups excluding carboxylic acids is 4. The van der Waals surface area contributed by atoms with Crippen LogP contribution in [-0.4, -0.2) is 120 Å². The molecule has 0 spiro atoms. The molecule has 0 aromatic rings. The third-order valence-corrected chi connectivity index (χ3v) is 24.4. The molecule has 0 amide bonds. The summed E-state index contributed by atoms with van der Waals surface area (Å²) in [6.07, 6.45) is 25.9. The van der Waals surface area contributed by atoms with Gasteiger partial charge in [0, 0.05) is 43.3 Å². The van der Waals surface area contributed by atoms with Crippen molar-refractivity contribution in [1.82, 2.24) is 0 Å². The number of thioether (sulfide) groups is 3. The van der Waals surface area contributed by atoms with E-state index in [0.29, 0.717) is 68.5 Å². The van der Waals surface area contributed by atoms with Gasteiger partial charge in [-0.3, -0.25) is 19.2 Å². The maximum Gasteiger partial charge on any atom is 0.311 e. The number of hydrogen-bond donors (Lipinski definition) is 0. The first kappa shape index (κ1) is 41.9. The van der Waals surface area contributed by atoms with Crippen LogP contribution in [0.3, 0.4) is 0 Å². The highest BCUT2D eigenvalue weighted by molar-refractivity contribution is 8.03. The predicted octanol–water partition coefficient (Wildman–Crippen LogP) is 5.95. The number of rotatable bonds is 4. The Morgan fingerprint density at radius 2 is 0.906 bits per heavy atom. The predicted molar refractivity (Wildman–Crippen MR) is 240 cm³/mol. The highest BCUT2D eigenvalue weighted by atomic mass is 32.2. The first-order chi connectivity index (χ1) is 31.2. The van der Waals surface area contributed by atoms with Gasteiger partial charge in [-0.05, 0) is 97.7 Å².